The van der Waals surface area contributed by atoms with Crippen molar-refractivity contribution in [2.75, 3.05) is 51.3 Å². The summed E-state index contributed by atoms with van der Waals surface area (Å²) >= 11 is 0. The molecule has 1 aromatic heterocycles. The first-order chi connectivity index (χ1) is 13.3. The molecular formula is C21H28N4O2. The van der Waals surface area contributed by atoms with Crippen molar-refractivity contribution in [3.8, 4) is 5.75 Å². The van der Waals surface area contributed by atoms with Gasteiger partial charge in [-0.2, -0.15) is 0 Å². The number of hydrogen-bond acceptors (Lipinski definition) is 5. The summed E-state index contributed by atoms with van der Waals surface area (Å²) in [5.74, 6) is 2.01. The zero-order valence-corrected chi connectivity index (χ0v) is 15.9. The van der Waals surface area contributed by atoms with Gasteiger partial charge in [0.25, 0.3) is 0 Å². The second-order valence-electron chi connectivity index (χ2n) is 6.68. The average Bonchev–Trinajstić information content (AvgIpc) is 2.73. The molecule has 2 aromatic rings. The van der Waals surface area contributed by atoms with Crippen molar-refractivity contribution in [1.29, 1.82) is 0 Å². The number of ether oxygens (including phenoxy) is 1. The summed E-state index contributed by atoms with van der Waals surface area (Å²) in [6, 6.07) is 13.9. The van der Waals surface area contributed by atoms with E-state index in [2.05, 4.69) is 20.1 Å². The number of aromatic nitrogens is 1. The Morgan fingerprint density at radius 2 is 1.89 bits per heavy atom. The number of piperazine rings is 1. The molecule has 1 fully saturated rings. The van der Waals surface area contributed by atoms with E-state index in [1.807, 2.05) is 48.7 Å². The molecule has 0 unspecified atom stereocenters. The van der Waals surface area contributed by atoms with Crippen LogP contribution >= 0.6 is 0 Å². The molecule has 6 heteroatoms. The Morgan fingerprint density at radius 3 is 2.63 bits per heavy atom. The smallest absolute Gasteiger partial charge is 0.221 e. The highest BCUT2D eigenvalue weighted by molar-refractivity contribution is 5.76. The van der Waals surface area contributed by atoms with E-state index in [-0.39, 0.29) is 5.91 Å². The quantitative estimate of drug-likeness (QED) is 0.772. The Kier molecular flexibility index (Phi) is 7.04. The monoisotopic (exact) mass is 368 g/mol. The minimum absolute atomic E-state index is 0.108. The lowest BCUT2D eigenvalue weighted by atomic mass is 10.1. The van der Waals surface area contributed by atoms with Crippen molar-refractivity contribution in [1.82, 2.24) is 15.2 Å². The molecule has 0 saturated carbocycles. The topological polar surface area (TPSA) is 57.7 Å². The molecule has 0 bridgehead atoms. The fraction of sp³-hybridized carbons (Fsp3) is 0.429. The Labute approximate surface area is 161 Å². The standard InChI is InChI=1S/C21H28N4O2/c1-27-19-7-3-2-6-18(19)9-12-23-21(26)10-13-24-14-16-25(17-15-24)20-8-4-5-11-22-20/h2-8,11H,9-10,12-17H2,1H3,(H,23,26). The SMILES string of the molecule is COc1ccccc1CCNC(=O)CCN1CCN(c2ccccn2)CC1. The molecular weight excluding hydrogens is 340 g/mol. The van der Waals surface area contributed by atoms with E-state index >= 15 is 0 Å². The van der Waals surface area contributed by atoms with Gasteiger partial charge in [0.2, 0.25) is 5.91 Å². The number of carbonyl (C=O) groups is 1. The van der Waals surface area contributed by atoms with Crippen LogP contribution < -0.4 is 15.0 Å². The fourth-order valence-corrected chi connectivity index (χ4v) is 3.34. The van der Waals surface area contributed by atoms with Gasteiger partial charge in [-0.1, -0.05) is 24.3 Å². The van der Waals surface area contributed by atoms with Gasteiger partial charge < -0.3 is 15.0 Å². The van der Waals surface area contributed by atoms with Crippen LogP contribution in [-0.4, -0.2) is 62.2 Å². The number of nitrogens with zero attached hydrogens (tertiary/aromatic N) is 3. The van der Waals surface area contributed by atoms with Crippen molar-refractivity contribution < 1.29 is 9.53 Å². The number of benzene rings is 1. The van der Waals surface area contributed by atoms with Gasteiger partial charge in [-0.05, 0) is 30.2 Å². The molecule has 27 heavy (non-hydrogen) atoms. The second-order valence-corrected chi connectivity index (χ2v) is 6.68. The molecule has 0 radical (unpaired) electrons. The molecule has 0 spiro atoms. The number of para-hydroxylation sites is 1. The maximum Gasteiger partial charge on any atom is 0.221 e. The van der Waals surface area contributed by atoms with Crippen LogP contribution in [0, 0.1) is 0 Å². The van der Waals surface area contributed by atoms with Crippen molar-refractivity contribution in [3.05, 3.63) is 54.2 Å². The van der Waals surface area contributed by atoms with Gasteiger partial charge in [-0.3, -0.25) is 9.69 Å². The third-order valence-electron chi connectivity index (χ3n) is 4.91. The van der Waals surface area contributed by atoms with Gasteiger partial charge in [0.05, 0.1) is 7.11 Å². The van der Waals surface area contributed by atoms with Crippen molar-refractivity contribution in [2.24, 2.45) is 0 Å². The molecule has 0 aliphatic carbocycles. The highest BCUT2D eigenvalue weighted by Crippen LogP contribution is 2.17. The minimum Gasteiger partial charge on any atom is -0.496 e. The number of rotatable bonds is 8. The predicted octanol–water partition coefficient (Wildman–Crippen LogP) is 1.96. The van der Waals surface area contributed by atoms with Crippen LogP contribution in [0.4, 0.5) is 5.82 Å². The first kappa shape index (κ1) is 19.2. The number of pyridine rings is 1. The zero-order chi connectivity index (χ0) is 18.9. The first-order valence-electron chi connectivity index (χ1n) is 9.53. The molecule has 1 aromatic carbocycles. The summed E-state index contributed by atoms with van der Waals surface area (Å²) in [5, 5.41) is 3.02. The Balaban J connectivity index is 1.33. The lowest BCUT2D eigenvalue weighted by Crippen LogP contribution is -2.47. The molecule has 3 rings (SSSR count). The van der Waals surface area contributed by atoms with E-state index in [4.69, 9.17) is 4.74 Å². The van der Waals surface area contributed by atoms with E-state index in [0.29, 0.717) is 13.0 Å². The minimum atomic E-state index is 0.108. The number of hydrogen-bond donors (Lipinski definition) is 1. The molecule has 1 aliphatic rings. The zero-order valence-electron chi connectivity index (χ0n) is 15.9. The molecule has 1 aliphatic heterocycles. The lowest BCUT2D eigenvalue weighted by molar-refractivity contribution is -0.121. The van der Waals surface area contributed by atoms with Gasteiger partial charge in [0.1, 0.15) is 11.6 Å². The Hall–Kier alpha value is -2.60. The van der Waals surface area contributed by atoms with Crippen LogP contribution in [0.3, 0.4) is 0 Å². The number of methoxy groups -OCH3 is 1. The van der Waals surface area contributed by atoms with Crippen molar-refractivity contribution in [2.45, 2.75) is 12.8 Å². The second kappa shape index (κ2) is 9.92. The number of amides is 1. The summed E-state index contributed by atoms with van der Waals surface area (Å²) < 4.78 is 5.34. The number of anilines is 1. The van der Waals surface area contributed by atoms with Crippen molar-refractivity contribution in [3.63, 3.8) is 0 Å². The molecule has 6 nitrogen and oxygen atoms in total. The fourth-order valence-electron chi connectivity index (χ4n) is 3.34. The molecule has 1 saturated heterocycles. The first-order valence-corrected chi connectivity index (χ1v) is 9.53. The maximum absolute atomic E-state index is 12.1. The summed E-state index contributed by atoms with van der Waals surface area (Å²) in [7, 11) is 1.67. The van der Waals surface area contributed by atoms with E-state index < -0.39 is 0 Å². The average molecular weight is 368 g/mol. The van der Waals surface area contributed by atoms with E-state index in [1.165, 1.54) is 0 Å². The highest BCUT2D eigenvalue weighted by Gasteiger charge is 2.18. The van der Waals surface area contributed by atoms with E-state index in [9.17, 15) is 4.79 Å². The lowest BCUT2D eigenvalue weighted by Gasteiger charge is -2.35. The van der Waals surface area contributed by atoms with E-state index in [1.54, 1.807) is 7.11 Å². The van der Waals surface area contributed by atoms with Crippen molar-refractivity contribution >= 4 is 11.7 Å². The molecule has 2 heterocycles. The van der Waals surface area contributed by atoms with Gasteiger partial charge in [0, 0.05) is 51.9 Å². The summed E-state index contributed by atoms with van der Waals surface area (Å²) in [4.78, 5) is 21.2. The number of nitrogens with one attached hydrogen (secondary N) is 1. The maximum atomic E-state index is 12.1. The van der Waals surface area contributed by atoms with Crippen LogP contribution in [0.15, 0.2) is 48.7 Å². The number of carbonyl (C=O) groups excluding carboxylic acids is 1. The third-order valence-corrected chi connectivity index (χ3v) is 4.91. The van der Waals surface area contributed by atoms with Crippen LogP contribution in [-0.2, 0) is 11.2 Å². The molecule has 1 N–H and O–H groups in total. The molecule has 144 valence electrons. The largest absolute Gasteiger partial charge is 0.496 e. The van der Waals surface area contributed by atoms with Crippen LogP contribution in [0.1, 0.15) is 12.0 Å². The highest BCUT2D eigenvalue weighted by atomic mass is 16.5. The Bertz CT molecular complexity index is 715. The summed E-state index contributed by atoms with van der Waals surface area (Å²) in [6.45, 7) is 5.26. The van der Waals surface area contributed by atoms with Gasteiger partial charge >= 0.3 is 0 Å². The predicted molar refractivity (Wildman–Crippen MR) is 107 cm³/mol. The van der Waals surface area contributed by atoms with Crippen LogP contribution in [0.2, 0.25) is 0 Å². The van der Waals surface area contributed by atoms with Gasteiger partial charge in [-0.25, -0.2) is 4.98 Å². The normalized spacial score (nSPS) is 14.8. The third kappa shape index (κ3) is 5.69. The van der Waals surface area contributed by atoms with Crippen LogP contribution in [0.25, 0.3) is 0 Å². The molecule has 0 atom stereocenters. The summed E-state index contributed by atoms with van der Waals surface area (Å²) in [6.07, 6.45) is 3.14. The Morgan fingerprint density at radius 1 is 1.11 bits per heavy atom. The molecule has 1 amide bonds. The van der Waals surface area contributed by atoms with E-state index in [0.717, 1.165) is 56.3 Å². The van der Waals surface area contributed by atoms with Crippen LogP contribution in [0.5, 0.6) is 5.75 Å². The van der Waals surface area contributed by atoms with Gasteiger partial charge in [0.15, 0.2) is 0 Å². The van der Waals surface area contributed by atoms with Gasteiger partial charge in [-0.15, -0.1) is 0 Å². The summed E-state index contributed by atoms with van der Waals surface area (Å²) in [5.41, 5.74) is 1.12.